The molecule has 146 valence electrons. The van der Waals surface area contributed by atoms with Crippen LogP contribution in [0.5, 0.6) is 0 Å². The predicted molar refractivity (Wildman–Crippen MR) is 103 cm³/mol. The number of aromatic nitrogens is 4. The fraction of sp³-hybridized carbons (Fsp3) is 0.238. The van der Waals surface area contributed by atoms with Crippen molar-refractivity contribution < 1.29 is 13.6 Å². The van der Waals surface area contributed by atoms with Gasteiger partial charge >= 0.3 is 0 Å². The third-order valence-corrected chi connectivity index (χ3v) is 5.06. The van der Waals surface area contributed by atoms with Gasteiger partial charge in [-0.1, -0.05) is 6.07 Å². The molecule has 1 aliphatic rings. The molecule has 4 aromatic heterocycles. The number of pyridine rings is 1. The van der Waals surface area contributed by atoms with Crippen LogP contribution in [0.25, 0.3) is 11.3 Å². The third-order valence-electron chi connectivity index (χ3n) is 5.06. The van der Waals surface area contributed by atoms with Gasteiger partial charge in [-0.3, -0.25) is 14.5 Å². The van der Waals surface area contributed by atoms with Gasteiger partial charge in [0.1, 0.15) is 12.0 Å². The molecule has 0 fully saturated rings. The lowest BCUT2D eigenvalue weighted by Gasteiger charge is -2.09. The summed E-state index contributed by atoms with van der Waals surface area (Å²) in [7, 11) is 0. The Labute approximate surface area is 166 Å². The molecule has 0 aliphatic heterocycles. The number of nitrogens with zero attached hydrogens (tertiary/aromatic N) is 4. The number of oxazole rings is 1. The first-order chi connectivity index (χ1) is 14.2. The maximum atomic E-state index is 12.6. The van der Waals surface area contributed by atoms with E-state index in [2.05, 4.69) is 21.5 Å². The molecule has 0 radical (unpaired) electrons. The monoisotopic (exact) mass is 389 g/mol. The molecule has 1 aliphatic carbocycles. The van der Waals surface area contributed by atoms with E-state index >= 15 is 0 Å². The summed E-state index contributed by atoms with van der Waals surface area (Å²) < 4.78 is 13.0. The van der Waals surface area contributed by atoms with E-state index in [4.69, 9.17) is 13.9 Å². The molecule has 0 unspecified atom stereocenters. The minimum Gasteiger partial charge on any atom is -0.455 e. The van der Waals surface area contributed by atoms with Gasteiger partial charge < -0.3 is 14.2 Å². The number of carbonyl (C=O) groups excluding carboxylic acids is 1. The van der Waals surface area contributed by atoms with Crippen molar-refractivity contribution in [2.75, 3.05) is 0 Å². The first-order valence-corrected chi connectivity index (χ1v) is 9.44. The van der Waals surface area contributed by atoms with Crippen LogP contribution in [0.3, 0.4) is 0 Å². The van der Waals surface area contributed by atoms with Crippen LogP contribution in [0, 0.1) is 6.92 Å². The number of hydrogen-bond acceptors (Lipinski definition) is 6. The molecule has 0 saturated heterocycles. The quantitative estimate of drug-likeness (QED) is 0.563. The highest BCUT2D eigenvalue weighted by Gasteiger charge is 2.29. The minimum absolute atomic E-state index is 0.209. The Morgan fingerprint density at radius 3 is 2.97 bits per heavy atom. The number of fused-ring (bicyclic) bond motifs is 3. The largest absolute Gasteiger partial charge is 0.455 e. The van der Waals surface area contributed by atoms with Crippen molar-refractivity contribution in [3.63, 3.8) is 0 Å². The summed E-state index contributed by atoms with van der Waals surface area (Å²) in [6.07, 6.45) is 8.42. The number of amides is 1. The van der Waals surface area contributed by atoms with Crippen LogP contribution in [-0.2, 0) is 25.9 Å². The van der Waals surface area contributed by atoms with Gasteiger partial charge in [-0.05, 0) is 31.0 Å². The molecule has 0 atom stereocenters. The highest BCUT2D eigenvalue weighted by atomic mass is 16.4. The highest BCUT2D eigenvalue weighted by molar-refractivity contribution is 5.95. The molecule has 8 nitrogen and oxygen atoms in total. The van der Waals surface area contributed by atoms with Crippen molar-refractivity contribution in [1.29, 1.82) is 0 Å². The molecule has 0 bridgehead atoms. The lowest BCUT2D eigenvalue weighted by atomic mass is 9.93. The standard InChI is InChI=1S/C21H19N5O3/c1-13-18-16(29-20(13)21(27)24-10-17-23-8-9-28-17)6-5-14-11-26(25-19(14)18)12-15-4-2-3-7-22-15/h2-4,7-9,11H,5-6,10,12H2,1H3,(H,24,27). The molecular formula is C21H19N5O3. The molecule has 0 saturated carbocycles. The second kappa shape index (κ2) is 7.05. The Morgan fingerprint density at radius 1 is 1.24 bits per heavy atom. The van der Waals surface area contributed by atoms with E-state index in [1.54, 1.807) is 12.4 Å². The maximum Gasteiger partial charge on any atom is 0.287 e. The van der Waals surface area contributed by atoms with Crippen LogP contribution in [0.15, 0.2) is 51.9 Å². The third kappa shape index (κ3) is 3.22. The molecule has 1 N–H and O–H groups in total. The zero-order valence-corrected chi connectivity index (χ0v) is 15.9. The molecule has 0 spiro atoms. The van der Waals surface area contributed by atoms with Crippen molar-refractivity contribution >= 4 is 5.91 Å². The first kappa shape index (κ1) is 17.4. The van der Waals surface area contributed by atoms with Crippen LogP contribution in [0.4, 0.5) is 0 Å². The number of rotatable bonds is 5. The lowest BCUT2D eigenvalue weighted by molar-refractivity contribution is 0.0917. The topological polar surface area (TPSA) is 99.0 Å². The number of aryl methyl sites for hydroxylation is 2. The molecule has 1 amide bonds. The Bertz CT molecular complexity index is 1160. The Morgan fingerprint density at radius 2 is 2.17 bits per heavy atom. The highest BCUT2D eigenvalue weighted by Crippen LogP contribution is 2.38. The maximum absolute atomic E-state index is 12.6. The summed E-state index contributed by atoms with van der Waals surface area (Å²) in [5.41, 5.74) is 4.71. The van der Waals surface area contributed by atoms with Crippen LogP contribution in [0.2, 0.25) is 0 Å². The second-order valence-corrected chi connectivity index (χ2v) is 6.98. The van der Waals surface area contributed by atoms with Crippen molar-refractivity contribution in [3.8, 4) is 11.3 Å². The number of furan rings is 1. The number of hydrogen-bond donors (Lipinski definition) is 1. The van der Waals surface area contributed by atoms with Crippen LogP contribution in [-0.4, -0.2) is 25.7 Å². The average molecular weight is 389 g/mol. The van der Waals surface area contributed by atoms with E-state index in [0.717, 1.165) is 46.7 Å². The van der Waals surface area contributed by atoms with Gasteiger partial charge in [-0.25, -0.2) is 4.98 Å². The van der Waals surface area contributed by atoms with Gasteiger partial charge in [-0.15, -0.1) is 0 Å². The summed E-state index contributed by atoms with van der Waals surface area (Å²) >= 11 is 0. The molecule has 29 heavy (non-hydrogen) atoms. The smallest absolute Gasteiger partial charge is 0.287 e. The van der Waals surface area contributed by atoms with Gasteiger partial charge in [0.15, 0.2) is 5.76 Å². The van der Waals surface area contributed by atoms with Gasteiger partial charge in [-0.2, -0.15) is 5.10 Å². The summed E-state index contributed by atoms with van der Waals surface area (Å²) in [6, 6.07) is 5.84. The van der Waals surface area contributed by atoms with Gasteiger partial charge in [0.05, 0.1) is 30.7 Å². The summed E-state index contributed by atoms with van der Waals surface area (Å²) in [6.45, 7) is 2.71. The summed E-state index contributed by atoms with van der Waals surface area (Å²) in [5.74, 6) is 1.28. The van der Waals surface area contributed by atoms with Gasteiger partial charge in [0.2, 0.25) is 5.89 Å². The van der Waals surface area contributed by atoms with E-state index < -0.39 is 0 Å². The molecule has 4 heterocycles. The molecular weight excluding hydrogens is 370 g/mol. The lowest BCUT2D eigenvalue weighted by Crippen LogP contribution is -2.23. The molecule has 0 aromatic carbocycles. The van der Waals surface area contributed by atoms with Crippen molar-refractivity contribution in [2.45, 2.75) is 32.9 Å². The SMILES string of the molecule is Cc1c(C(=O)NCc2ncco2)oc2c1-c1nn(Cc3ccccn3)cc1CC2. The van der Waals surface area contributed by atoms with E-state index in [0.29, 0.717) is 18.2 Å². The molecule has 8 heteroatoms. The van der Waals surface area contributed by atoms with E-state index in [-0.39, 0.29) is 12.5 Å². The van der Waals surface area contributed by atoms with Crippen molar-refractivity contribution in [1.82, 2.24) is 25.1 Å². The normalized spacial score (nSPS) is 12.4. The van der Waals surface area contributed by atoms with Gasteiger partial charge in [0.25, 0.3) is 5.91 Å². The van der Waals surface area contributed by atoms with Crippen LogP contribution >= 0.6 is 0 Å². The molecule has 4 aromatic rings. The minimum atomic E-state index is -0.287. The number of nitrogens with one attached hydrogen (secondary N) is 1. The van der Waals surface area contributed by atoms with E-state index in [9.17, 15) is 4.79 Å². The fourth-order valence-electron chi connectivity index (χ4n) is 3.70. The summed E-state index contributed by atoms with van der Waals surface area (Å²) in [5, 5.41) is 7.56. The van der Waals surface area contributed by atoms with Gasteiger partial charge in [0, 0.05) is 29.9 Å². The summed E-state index contributed by atoms with van der Waals surface area (Å²) in [4.78, 5) is 21.0. The fourth-order valence-corrected chi connectivity index (χ4v) is 3.70. The predicted octanol–water partition coefficient (Wildman–Crippen LogP) is 2.91. The average Bonchev–Trinajstić information content (AvgIpc) is 3.45. The zero-order valence-electron chi connectivity index (χ0n) is 15.9. The Hall–Kier alpha value is -3.68. The molecule has 5 rings (SSSR count). The Kier molecular flexibility index (Phi) is 4.23. The van der Waals surface area contributed by atoms with Crippen LogP contribution in [0.1, 0.15) is 39.0 Å². The van der Waals surface area contributed by atoms with Crippen LogP contribution < -0.4 is 5.32 Å². The first-order valence-electron chi connectivity index (χ1n) is 9.44. The van der Waals surface area contributed by atoms with E-state index in [1.807, 2.05) is 29.8 Å². The second-order valence-electron chi connectivity index (χ2n) is 6.98. The van der Waals surface area contributed by atoms with Crippen molar-refractivity contribution in [2.24, 2.45) is 0 Å². The van der Waals surface area contributed by atoms with E-state index in [1.165, 1.54) is 6.26 Å². The zero-order chi connectivity index (χ0) is 19.8. The van der Waals surface area contributed by atoms with Crippen molar-refractivity contribution in [3.05, 3.63) is 77.3 Å². The number of carbonyl (C=O) groups is 1. The Balaban J connectivity index is 1.41.